The van der Waals surface area contributed by atoms with Crippen molar-refractivity contribution in [2.45, 2.75) is 12.8 Å². The topological polar surface area (TPSA) is 38.2 Å². The van der Waals surface area contributed by atoms with Crippen molar-refractivity contribution in [2.24, 2.45) is 0 Å². The molecule has 0 aromatic carbocycles. The van der Waals surface area contributed by atoms with E-state index in [1.165, 1.54) is 12.8 Å². The lowest BCUT2D eigenvalue weighted by molar-refractivity contribution is 0.379. The number of halogens is 1. The van der Waals surface area contributed by atoms with Gasteiger partial charge in [-0.25, -0.2) is 4.98 Å². The molecule has 0 atom stereocenters. The summed E-state index contributed by atoms with van der Waals surface area (Å²) in [6.45, 7) is 2.14. The fourth-order valence-electron chi connectivity index (χ4n) is 1.59. The van der Waals surface area contributed by atoms with Crippen molar-refractivity contribution in [3.05, 3.63) is 10.7 Å². The molecule has 0 N–H and O–H groups in total. The molecular weight excluding hydrogens is 246 g/mol. The number of ether oxygens (including phenoxy) is 1. The summed E-state index contributed by atoms with van der Waals surface area (Å²) in [5.74, 6) is 0.939. The molecule has 1 aromatic heterocycles. The standard InChI is InChI=1S/C9H12BrN3O/c1-14-9-11-6-7(10)8(12-9)13-4-2-3-5-13/h6H,2-5H2,1H3. The second kappa shape index (κ2) is 4.13. The average Bonchev–Trinajstić information content (AvgIpc) is 2.71. The van der Waals surface area contributed by atoms with Gasteiger partial charge in [0.05, 0.1) is 17.8 Å². The molecule has 0 aliphatic carbocycles. The van der Waals surface area contributed by atoms with Crippen LogP contribution < -0.4 is 9.64 Å². The van der Waals surface area contributed by atoms with Crippen molar-refractivity contribution >= 4 is 21.7 Å². The van der Waals surface area contributed by atoms with Gasteiger partial charge in [0.15, 0.2) is 0 Å². The van der Waals surface area contributed by atoms with Crippen molar-refractivity contribution in [1.82, 2.24) is 9.97 Å². The minimum absolute atomic E-state index is 0.426. The fourth-order valence-corrected chi connectivity index (χ4v) is 2.03. The van der Waals surface area contributed by atoms with Crippen molar-refractivity contribution in [1.29, 1.82) is 0 Å². The van der Waals surface area contributed by atoms with E-state index in [0.29, 0.717) is 6.01 Å². The van der Waals surface area contributed by atoms with Gasteiger partial charge < -0.3 is 9.64 Å². The van der Waals surface area contributed by atoms with Crippen molar-refractivity contribution in [2.75, 3.05) is 25.1 Å². The average molecular weight is 258 g/mol. The summed E-state index contributed by atoms with van der Waals surface area (Å²) in [4.78, 5) is 10.6. The first-order valence-electron chi connectivity index (χ1n) is 4.63. The van der Waals surface area contributed by atoms with Gasteiger partial charge in [-0.05, 0) is 28.8 Å². The zero-order valence-corrected chi connectivity index (χ0v) is 9.62. The Bertz CT molecular complexity index is 326. The molecule has 2 rings (SSSR count). The molecule has 0 amide bonds. The van der Waals surface area contributed by atoms with Gasteiger partial charge in [-0.15, -0.1) is 0 Å². The Labute approximate surface area is 91.4 Å². The number of hydrogen-bond acceptors (Lipinski definition) is 4. The van der Waals surface area contributed by atoms with Crippen molar-refractivity contribution in [3.63, 3.8) is 0 Å². The van der Waals surface area contributed by atoms with Crippen LogP contribution in [0.25, 0.3) is 0 Å². The van der Waals surface area contributed by atoms with E-state index in [4.69, 9.17) is 4.74 Å². The van der Waals surface area contributed by atoms with Crippen LogP contribution in [0.3, 0.4) is 0 Å². The normalized spacial score (nSPS) is 16.0. The van der Waals surface area contributed by atoms with E-state index in [9.17, 15) is 0 Å². The molecule has 0 bridgehead atoms. The number of anilines is 1. The van der Waals surface area contributed by atoms with Gasteiger partial charge in [-0.2, -0.15) is 4.98 Å². The van der Waals surface area contributed by atoms with E-state index in [1.54, 1.807) is 13.3 Å². The molecule has 0 radical (unpaired) electrons. The Balaban J connectivity index is 2.29. The van der Waals surface area contributed by atoms with Crippen molar-refractivity contribution < 1.29 is 4.74 Å². The zero-order valence-electron chi connectivity index (χ0n) is 8.03. The molecule has 0 spiro atoms. The van der Waals surface area contributed by atoms with Crippen LogP contribution in [0, 0.1) is 0 Å². The Morgan fingerprint density at radius 1 is 1.43 bits per heavy atom. The summed E-state index contributed by atoms with van der Waals surface area (Å²) >= 11 is 3.45. The Kier molecular flexibility index (Phi) is 2.86. The quantitative estimate of drug-likeness (QED) is 0.811. The Morgan fingerprint density at radius 2 is 2.14 bits per heavy atom. The van der Waals surface area contributed by atoms with Gasteiger partial charge >= 0.3 is 6.01 Å². The van der Waals surface area contributed by atoms with Crippen LogP contribution in [0.2, 0.25) is 0 Å². The van der Waals surface area contributed by atoms with E-state index in [-0.39, 0.29) is 0 Å². The molecule has 1 fully saturated rings. The maximum Gasteiger partial charge on any atom is 0.318 e. The van der Waals surface area contributed by atoms with Gasteiger partial charge in [0.1, 0.15) is 5.82 Å². The van der Waals surface area contributed by atoms with Crippen LogP contribution in [0.4, 0.5) is 5.82 Å². The van der Waals surface area contributed by atoms with Crippen LogP contribution >= 0.6 is 15.9 Å². The molecule has 76 valence electrons. The molecular formula is C9H12BrN3O. The third-order valence-corrected chi connectivity index (χ3v) is 2.85. The van der Waals surface area contributed by atoms with E-state index in [0.717, 1.165) is 23.4 Å². The molecule has 5 heteroatoms. The minimum atomic E-state index is 0.426. The molecule has 1 aliphatic rings. The highest BCUT2D eigenvalue weighted by molar-refractivity contribution is 9.10. The first kappa shape index (κ1) is 9.71. The first-order chi connectivity index (χ1) is 6.81. The zero-order chi connectivity index (χ0) is 9.97. The lowest BCUT2D eigenvalue weighted by atomic mass is 10.4. The Hall–Kier alpha value is -0.840. The van der Waals surface area contributed by atoms with E-state index in [2.05, 4.69) is 30.8 Å². The first-order valence-corrected chi connectivity index (χ1v) is 5.42. The number of hydrogen-bond donors (Lipinski definition) is 0. The monoisotopic (exact) mass is 257 g/mol. The Morgan fingerprint density at radius 3 is 2.79 bits per heavy atom. The molecule has 1 saturated heterocycles. The number of aromatic nitrogens is 2. The minimum Gasteiger partial charge on any atom is -0.467 e. The largest absolute Gasteiger partial charge is 0.467 e. The van der Waals surface area contributed by atoms with Crippen LogP contribution in [0.5, 0.6) is 6.01 Å². The molecule has 0 unspecified atom stereocenters. The number of rotatable bonds is 2. The SMILES string of the molecule is COc1ncc(Br)c(N2CCCC2)n1. The summed E-state index contributed by atoms with van der Waals surface area (Å²) in [6.07, 6.45) is 4.21. The highest BCUT2D eigenvalue weighted by Gasteiger charge is 2.17. The van der Waals surface area contributed by atoms with Gasteiger partial charge in [-0.1, -0.05) is 0 Å². The predicted octanol–water partition coefficient (Wildman–Crippen LogP) is 1.85. The fraction of sp³-hybridized carbons (Fsp3) is 0.556. The summed E-state index contributed by atoms with van der Waals surface area (Å²) in [7, 11) is 1.58. The van der Waals surface area contributed by atoms with Gasteiger partial charge in [0, 0.05) is 13.1 Å². The lowest BCUT2D eigenvalue weighted by Gasteiger charge is -2.17. The summed E-state index contributed by atoms with van der Waals surface area (Å²) in [5.41, 5.74) is 0. The van der Waals surface area contributed by atoms with Crippen molar-refractivity contribution in [3.8, 4) is 6.01 Å². The molecule has 14 heavy (non-hydrogen) atoms. The highest BCUT2D eigenvalue weighted by atomic mass is 79.9. The van der Waals surface area contributed by atoms with Gasteiger partial charge in [-0.3, -0.25) is 0 Å². The summed E-state index contributed by atoms with van der Waals surface area (Å²) < 4.78 is 5.93. The smallest absolute Gasteiger partial charge is 0.318 e. The molecule has 4 nitrogen and oxygen atoms in total. The molecule has 0 saturated carbocycles. The molecule has 2 heterocycles. The number of nitrogens with zero attached hydrogens (tertiary/aromatic N) is 3. The van der Waals surface area contributed by atoms with Crippen LogP contribution in [-0.4, -0.2) is 30.2 Å². The molecule has 1 aromatic rings. The van der Waals surface area contributed by atoms with E-state index >= 15 is 0 Å². The second-order valence-electron chi connectivity index (χ2n) is 3.22. The van der Waals surface area contributed by atoms with Crippen LogP contribution in [0.15, 0.2) is 10.7 Å². The number of methoxy groups -OCH3 is 1. The molecule has 1 aliphatic heterocycles. The summed E-state index contributed by atoms with van der Waals surface area (Å²) in [5, 5.41) is 0. The summed E-state index contributed by atoms with van der Waals surface area (Å²) in [6, 6.07) is 0.426. The third-order valence-electron chi connectivity index (χ3n) is 2.29. The van der Waals surface area contributed by atoms with Gasteiger partial charge in [0.25, 0.3) is 0 Å². The maximum absolute atomic E-state index is 5.00. The third kappa shape index (κ3) is 1.82. The van der Waals surface area contributed by atoms with Crippen LogP contribution in [0.1, 0.15) is 12.8 Å². The second-order valence-corrected chi connectivity index (χ2v) is 4.08. The van der Waals surface area contributed by atoms with E-state index < -0.39 is 0 Å². The van der Waals surface area contributed by atoms with E-state index in [1.807, 2.05) is 0 Å². The predicted molar refractivity (Wildman–Crippen MR) is 57.7 cm³/mol. The lowest BCUT2D eigenvalue weighted by Crippen LogP contribution is -2.19. The van der Waals surface area contributed by atoms with Gasteiger partial charge in [0.2, 0.25) is 0 Å². The maximum atomic E-state index is 5.00. The van der Waals surface area contributed by atoms with Crippen LogP contribution in [-0.2, 0) is 0 Å². The highest BCUT2D eigenvalue weighted by Crippen LogP contribution is 2.27.